The van der Waals surface area contributed by atoms with Gasteiger partial charge in [0, 0.05) is 12.2 Å². The lowest BCUT2D eigenvalue weighted by Crippen LogP contribution is -2.40. The predicted molar refractivity (Wildman–Crippen MR) is 58.0 cm³/mol. The van der Waals surface area contributed by atoms with Crippen LogP contribution in [0.15, 0.2) is 24.4 Å². The van der Waals surface area contributed by atoms with Gasteiger partial charge in [0.2, 0.25) is 0 Å². The fourth-order valence-corrected chi connectivity index (χ4v) is 1.12. The van der Waals surface area contributed by atoms with Crippen LogP contribution >= 0.6 is 0 Å². The maximum atomic E-state index is 11.6. The number of aliphatic carboxylic acids is 1. The van der Waals surface area contributed by atoms with Crippen LogP contribution in [0.4, 0.5) is 0 Å². The van der Waals surface area contributed by atoms with Crippen molar-refractivity contribution in [3.05, 3.63) is 30.1 Å². The molecular weight excluding hydrogens is 208 g/mol. The Morgan fingerprint density at radius 2 is 2.06 bits per heavy atom. The Labute approximate surface area is 93.5 Å². The molecule has 86 valence electrons. The number of carboxylic acid groups (broad SMARTS) is 1. The largest absolute Gasteiger partial charge is 0.481 e. The standard InChI is InChI=1S/C11H14N2O3/c1-7(11(15)16)8(2)13-10(14)9-5-3-4-6-12-9/h3-8H,1-2H3,(H,13,14)(H,15,16). The maximum absolute atomic E-state index is 11.6. The third kappa shape index (κ3) is 3.05. The topological polar surface area (TPSA) is 79.3 Å². The van der Waals surface area contributed by atoms with E-state index in [1.165, 1.54) is 6.20 Å². The zero-order valence-corrected chi connectivity index (χ0v) is 9.18. The van der Waals surface area contributed by atoms with E-state index < -0.39 is 17.9 Å². The maximum Gasteiger partial charge on any atom is 0.308 e. The lowest BCUT2D eigenvalue weighted by Gasteiger charge is -2.17. The first-order chi connectivity index (χ1) is 7.52. The summed E-state index contributed by atoms with van der Waals surface area (Å²) in [5, 5.41) is 11.4. The van der Waals surface area contributed by atoms with Crippen LogP contribution in [0.3, 0.4) is 0 Å². The number of amides is 1. The Kier molecular flexibility index (Phi) is 3.99. The Bertz CT molecular complexity index is 378. The fourth-order valence-electron chi connectivity index (χ4n) is 1.12. The monoisotopic (exact) mass is 222 g/mol. The minimum atomic E-state index is -0.936. The molecule has 0 spiro atoms. The summed E-state index contributed by atoms with van der Waals surface area (Å²) in [7, 11) is 0. The van der Waals surface area contributed by atoms with Crippen molar-refractivity contribution in [3.8, 4) is 0 Å². The molecule has 1 amide bonds. The molecule has 0 bridgehead atoms. The van der Waals surface area contributed by atoms with Crippen molar-refractivity contribution >= 4 is 11.9 Å². The Hall–Kier alpha value is -1.91. The molecule has 0 aliphatic carbocycles. The molecule has 2 atom stereocenters. The minimum Gasteiger partial charge on any atom is -0.481 e. The quantitative estimate of drug-likeness (QED) is 0.794. The molecule has 0 saturated heterocycles. The molecule has 2 unspecified atom stereocenters. The second-order valence-electron chi connectivity index (χ2n) is 3.60. The lowest BCUT2D eigenvalue weighted by molar-refractivity contribution is -0.141. The molecule has 0 saturated carbocycles. The average molecular weight is 222 g/mol. The molecule has 0 aliphatic heterocycles. The summed E-state index contributed by atoms with van der Waals surface area (Å²) in [4.78, 5) is 26.2. The van der Waals surface area contributed by atoms with E-state index in [0.717, 1.165) is 0 Å². The van der Waals surface area contributed by atoms with E-state index in [1.54, 1.807) is 32.0 Å². The summed E-state index contributed by atoms with van der Waals surface area (Å²) in [5.41, 5.74) is 0.284. The molecule has 1 heterocycles. The number of rotatable bonds is 4. The average Bonchev–Trinajstić information content (AvgIpc) is 2.28. The summed E-state index contributed by atoms with van der Waals surface area (Å²) in [6.07, 6.45) is 1.51. The second kappa shape index (κ2) is 5.25. The van der Waals surface area contributed by atoms with Gasteiger partial charge in [-0.05, 0) is 26.0 Å². The molecule has 0 fully saturated rings. The van der Waals surface area contributed by atoms with Gasteiger partial charge in [0.1, 0.15) is 5.69 Å². The van der Waals surface area contributed by atoms with Crippen LogP contribution in [0.5, 0.6) is 0 Å². The summed E-state index contributed by atoms with van der Waals surface area (Å²) in [6, 6.07) is 4.55. The van der Waals surface area contributed by atoms with Gasteiger partial charge < -0.3 is 10.4 Å². The van der Waals surface area contributed by atoms with Crippen molar-refractivity contribution in [2.45, 2.75) is 19.9 Å². The second-order valence-corrected chi connectivity index (χ2v) is 3.60. The van der Waals surface area contributed by atoms with Crippen molar-refractivity contribution in [1.29, 1.82) is 0 Å². The lowest BCUT2D eigenvalue weighted by atomic mass is 10.0. The van der Waals surface area contributed by atoms with Crippen molar-refractivity contribution in [2.24, 2.45) is 5.92 Å². The Balaban J connectivity index is 2.62. The number of carbonyl (C=O) groups is 2. The molecule has 0 radical (unpaired) electrons. The number of nitrogens with one attached hydrogen (secondary N) is 1. The molecule has 16 heavy (non-hydrogen) atoms. The van der Waals surface area contributed by atoms with E-state index in [-0.39, 0.29) is 11.6 Å². The zero-order chi connectivity index (χ0) is 12.1. The van der Waals surface area contributed by atoms with Crippen molar-refractivity contribution < 1.29 is 14.7 Å². The van der Waals surface area contributed by atoms with E-state index in [9.17, 15) is 9.59 Å². The molecular formula is C11H14N2O3. The smallest absolute Gasteiger partial charge is 0.308 e. The molecule has 1 aromatic heterocycles. The molecule has 5 nitrogen and oxygen atoms in total. The van der Waals surface area contributed by atoms with Gasteiger partial charge in [0.05, 0.1) is 5.92 Å². The summed E-state index contributed by atoms with van der Waals surface area (Å²) < 4.78 is 0. The van der Waals surface area contributed by atoms with Gasteiger partial charge in [-0.15, -0.1) is 0 Å². The van der Waals surface area contributed by atoms with Crippen molar-refractivity contribution in [3.63, 3.8) is 0 Å². The minimum absolute atomic E-state index is 0.284. The van der Waals surface area contributed by atoms with Crippen molar-refractivity contribution in [2.75, 3.05) is 0 Å². The number of hydrogen-bond acceptors (Lipinski definition) is 3. The highest BCUT2D eigenvalue weighted by Gasteiger charge is 2.21. The van der Waals surface area contributed by atoms with E-state index in [1.807, 2.05) is 0 Å². The van der Waals surface area contributed by atoms with E-state index in [4.69, 9.17) is 5.11 Å². The summed E-state index contributed by atoms with van der Waals surface area (Å²) >= 11 is 0. The highest BCUT2D eigenvalue weighted by molar-refractivity contribution is 5.92. The highest BCUT2D eigenvalue weighted by atomic mass is 16.4. The van der Waals surface area contributed by atoms with Gasteiger partial charge in [0.25, 0.3) is 5.91 Å². The fraction of sp³-hybridized carbons (Fsp3) is 0.364. The van der Waals surface area contributed by atoms with Crippen LogP contribution in [0.1, 0.15) is 24.3 Å². The first-order valence-corrected chi connectivity index (χ1v) is 4.97. The van der Waals surface area contributed by atoms with Gasteiger partial charge in [-0.25, -0.2) is 0 Å². The zero-order valence-electron chi connectivity index (χ0n) is 9.18. The highest BCUT2D eigenvalue weighted by Crippen LogP contribution is 2.03. The number of hydrogen-bond donors (Lipinski definition) is 2. The van der Waals surface area contributed by atoms with Crippen LogP contribution in [0, 0.1) is 5.92 Å². The van der Waals surface area contributed by atoms with Crippen LogP contribution in [0.2, 0.25) is 0 Å². The van der Waals surface area contributed by atoms with E-state index in [0.29, 0.717) is 0 Å². The van der Waals surface area contributed by atoms with Crippen LogP contribution in [0.25, 0.3) is 0 Å². The summed E-state index contributed by atoms with van der Waals surface area (Å²) in [5.74, 6) is -1.93. The van der Waals surface area contributed by atoms with Gasteiger partial charge in [-0.3, -0.25) is 14.6 Å². The Morgan fingerprint density at radius 3 is 2.56 bits per heavy atom. The number of pyridine rings is 1. The first-order valence-electron chi connectivity index (χ1n) is 4.97. The molecule has 2 N–H and O–H groups in total. The van der Waals surface area contributed by atoms with Crippen molar-refractivity contribution in [1.82, 2.24) is 10.3 Å². The van der Waals surface area contributed by atoms with Gasteiger partial charge >= 0.3 is 5.97 Å². The van der Waals surface area contributed by atoms with Gasteiger partial charge in [-0.1, -0.05) is 6.07 Å². The number of carboxylic acids is 1. The molecule has 0 aliphatic rings. The Morgan fingerprint density at radius 1 is 1.38 bits per heavy atom. The third-order valence-corrected chi connectivity index (χ3v) is 2.40. The molecule has 5 heteroatoms. The number of carbonyl (C=O) groups excluding carboxylic acids is 1. The van der Waals surface area contributed by atoms with Crippen LogP contribution < -0.4 is 5.32 Å². The van der Waals surface area contributed by atoms with Crippen LogP contribution in [-0.4, -0.2) is 28.0 Å². The first kappa shape index (κ1) is 12.2. The van der Waals surface area contributed by atoms with Gasteiger partial charge in [-0.2, -0.15) is 0 Å². The normalized spacial score (nSPS) is 13.9. The summed E-state index contributed by atoms with van der Waals surface area (Å²) in [6.45, 7) is 3.20. The third-order valence-electron chi connectivity index (χ3n) is 2.40. The van der Waals surface area contributed by atoms with E-state index >= 15 is 0 Å². The molecule has 0 aromatic carbocycles. The van der Waals surface area contributed by atoms with E-state index in [2.05, 4.69) is 10.3 Å². The van der Waals surface area contributed by atoms with Gasteiger partial charge in [0.15, 0.2) is 0 Å². The van der Waals surface area contributed by atoms with Crippen LogP contribution in [-0.2, 0) is 4.79 Å². The molecule has 1 aromatic rings. The SMILES string of the molecule is CC(NC(=O)c1ccccn1)C(C)C(=O)O. The molecule has 1 rings (SSSR count). The predicted octanol–water partition coefficient (Wildman–Crippen LogP) is 0.921. The number of nitrogens with zero attached hydrogens (tertiary/aromatic N) is 1. The number of aromatic nitrogens is 1.